The summed E-state index contributed by atoms with van der Waals surface area (Å²) in [5.74, 6) is 0.240. The normalized spacial score (nSPS) is 35.3. The van der Waals surface area contributed by atoms with Crippen LogP contribution in [0.15, 0.2) is 24.3 Å². The van der Waals surface area contributed by atoms with Gasteiger partial charge in [-0.05, 0) is 92.4 Å². The van der Waals surface area contributed by atoms with Gasteiger partial charge in [-0.3, -0.25) is 9.59 Å². The Bertz CT molecular complexity index is 948. The summed E-state index contributed by atoms with van der Waals surface area (Å²) in [6.07, 6.45) is 8.32. The quantitative estimate of drug-likeness (QED) is 0.645. The second kappa shape index (κ2) is 7.74. The van der Waals surface area contributed by atoms with Crippen LogP contribution in [-0.2, 0) is 4.79 Å². The third-order valence-electron chi connectivity index (χ3n) is 8.58. The molecular formula is C26H36N4O3. The molecule has 4 bridgehead atoms. The lowest BCUT2D eigenvalue weighted by atomic mass is 9.43. The molecule has 0 radical (unpaired) electrons. The van der Waals surface area contributed by atoms with Crippen LogP contribution in [0.4, 0.5) is 10.5 Å². The Morgan fingerprint density at radius 1 is 0.939 bits per heavy atom. The van der Waals surface area contributed by atoms with E-state index >= 15 is 0 Å². The van der Waals surface area contributed by atoms with Crippen LogP contribution in [0.3, 0.4) is 0 Å². The van der Waals surface area contributed by atoms with Gasteiger partial charge in [0.2, 0.25) is 5.91 Å². The van der Waals surface area contributed by atoms with Crippen LogP contribution in [0.5, 0.6) is 0 Å². The van der Waals surface area contributed by atoms with E-state index in [1.54, 1.807) is 29.2 Å². The van der Waals surface area contributed by atoms with E-state index in [-0.39, 0.29) is 29.3 Å². The lowest BCUT2D eigenvalue weighted by Gasteiger charge is -2.65. The fourth-order valence-electron chi connectivity index (χ4n) is 8.24. The Morgan fingerprint density at radius 2 is 1.55 bits per heavy atom. The van der Waals surface area contributed by atoms with Gasteiger partial charge in [0.15, 0.2) is 0 Å². The van der Waals surface area contributed by atoms with Gasteiger partial charge in [-0.1, -0.05) is 13.8 Å². The largest absolute Gasteiger partial charge is 0.369 e. The maximum Gasteiger partial charge on any atom is 0.319 e. The van der Waals surface area contributed by atoms with E-state index in [1.807, 2.05) is 0 Å². The number of hydrogen-bond acceptors (Lipinski definition) is 3. The molecule has 4 amide bonds. The Morgan fingerprint density at radius 3 is 2.09 bits per heavy atom. The first-order chi connectivity index (χ1) is 15.6. The van der Waals surface area contributed by atoms with Crippen LogP contribution in [0.1, 0.15) is 75.6 Å². The third kappa shape index (κ3) is 4.34. The maximum absolute atomic E-state index is 12.9. The van der Waals surface area contributed by atoms with Gasteiger partial charge in [0.05, 0.1) is 0 Å². The molecule has 0 aromatic heterocycles. The fourth-order valence-corrected chi connectivity index (χ4v) is 8.24. The summed E-state index contributed by atoms with van der Waals surface area (Å²) in [5, 5.41) is 6.34. The van der Waals surface area contributed by atoms with E-state index in [9.17, 15) is 14.4 Å². The highest BCUT2D eigenvalue weighted by Gasteiger charge is 2.60. The van der Waals surface area contributed by atoms with Crippen molar-refractivity contribution in [3.63, 3.8) is 0 Å². The van der Waals surface area contributed by atoms with Crippen molar-refractivity contribution in [2.75, 3.05) is 18.4 Å². The van der Waals surface area contributed by atoms with Gasteiger partial charge >= 0.3 is 6.03 Å². The van der Waals surface area contributed by atoms with Gasteiger partial charge in [0.1, 0.15) is 0 Å². The van der Waals surface area contributed by atoms with E-state index in [1.165, 1.54) is 19.3 Å². The number of anilines is 1. The zero-order valence-corrected chi connectivity index (χ0v) is 19.8. The molecule has 1 aliphatic heterocycles. The van der Waals surface area contributed by atoms with Crippen molar-refractivity contribution in [3.05, 3.63) is 29.8 Å². The summed E-state index contributed by atoms with van der Waals surface area (Å²) in [7, 11) is 0. The van der Waals surface area contributed by atoms with E-state index in [0.29, 0.717) is 48.0 Å². The van der Waals surface area contributed by atoms with E-state index in [2.05, 4.69) is 24.5 Å². The molecule has 4 saturated carbocycles. The molecule has 1 saturated heterocycles. The molecule has 1 heterocycles. The summed E-state index contributed by atoms with van der Waals surface area (Å²) in [6, 6.07) is 6.92. The second-order valence-electron chi connectivity index (χ2n) is 12.0. The zero-order chi connectivity index (χ0) is 23.4. The van der Waals surface area contributed by atoms with E-state index in [0.717, 1.165) is 25.2 Å². The van der Waals surface area contributed by atoms with Gasteiger partial charge in [0, 0.05) is 35.8 Å². The van der Waals surface area contributed by atoms with Gasteiger partial charge < -0.3 is 21.3 Å². The number of amides is 4. The highest BCUT2D eigenvalue weighted by Crippen LogP contribution is 2.66. The molecule has 3 unspecified atom stereocenters. The molecule has 4 N–H and O–H groups in total. The smallest absolute Gasteiger partial charge is 0.319 e. The monoisotopic (exact) mass is 452 g/mol. The van der Waals surface area contributed by atoms with Gasteiger partial charge in [-0.15, -0.1) is 0 Å². The molecule has 5 fully saturated rings. The predicted octanol–water partition coefficient (Wildman–Crippen LogP) is 3.89. The van der Waals surface area contributed by atoms with Crippen LogP contribution in [0.2, 0.25) is 0 Å². The topological polar surface area (TPSA) is 105 Å². The number of primary amides is 1. The van der Waals surface area contributed by atoms with Crippen LogP contribution < -0.4 is 16.4 Å². The average molecular weight is 453 g/mol. The first-order valence-electron chi connectivity index (χ1n) is 12.3. The lowest BCUT2D eigenvalue weighted by Crippen LogP contribution is -2.65. The standard InChI is InChI=1S/C26H36N4O3/c1-24-11-17-12-25(2,14-24)16-26(13-17,15-24)29-23(33)28-20-5-3-19(4-6-20)22(32)30-9-7-18(8-10-30)21(27)31/h3-6,17-18H,7-16H2,1-2H3,(H2,27,31)(H2,28,29,33)/t17?,24-,25?,26?/m0/s1. The second-order valence-corrected chi connectivity index (χ2v) is 12.0. The molecule has 7 nitrogen and oxygen atoms in total. The van der Waals surface area contributed by atoms with Gasteiger partial charge in [-0.25, -0.2) is 4.79 Å². The minimum absolute atomic E-state index is 0.0519. The highest BCUT2D eigenvalue weighted by molar-refractivity contribution is 5.96. The van der Waals surface area contributed by atoms with Crippen molar-refractivity contribution in [1.29, 1.82) is 0 Å². The number of nitrogens with one attached hydrogen (secondary N) is 2. The number of carbonyl (C=O) groups excluding carboxylic acids is 3. The summed E-state index contributed by atoms with van der Waals surface area (Å²) in [6.45, 7) is 5.87. The van der Waals surface area contributed by atoms with Crippen molar-refractivity contribution in [3.8, 4) is 0 Å². The summed E-state index contributed by atoms with van der Waals surface area (Å²) < 4.78 is 0. The Labute approximate surface area is 195 Å². The summed E-state index contributed by atoms with van der Waals surface area (Å²) in [4.78, 5) is 38.8. The number of nitrogens with zero attached hydrogens (tertiary/aromatic N) is 1. The van der Waals surface area contributed by atoms with Crippen molar-refractivity contribution >= 4 is 23.5 Å². The van der Waals surface area contributed by atoms with Crippen molar-refractivity contribution < 1.29 is 14.4 Å². The average Bonchev–Trinajstić information content (AvgIpc) is 2.70. The SMILES string of the molecule is CC12CC3CC(NC(=O)Nc4ccc(C(=O)N5CCC(C(N)=O)CC5)cc4)(C1)C[C@@](C)(C3)C2. The first kappa shape index (κ1) is 22.2. The van der Waals surface area contributed by atoms with Crippen molar-refractivity contribution in [2.24, 2.45) is 28.4 Å². The Kier molecular flexibility index (Phi) is 5.22. The fraction of sp³-hybridized carbons (Fsp3) is 0.654. The molecule has 178 valence electrons. The zero-order valence-electron chi connectivity index (χ0n) is 19.8. The molecule has 4 aliphatic carbocycles. The van der Waals surface area contributed by atoms with Crippen molar-refractivity contribution in [2.45, 2.75) is 70.8 Å². The minimum atomic E-state index is -0.285. The number of piperidine rings is 1. The van der Waals surface area contributed by atoms with Crippen molar-refractivity contribution in [1.82, 2.24) is 10.2 Å². The molecule has 33 heavy (non-hydrogen) atoms. The van der Waals surface area contributed by atoms with Crippen LogP contribution in [0, 0.1) is 22.7 Å². The Hall–Kier alpha value is -2.57. The number of urea groups is 1. The molecule has 5 aliphatic rings. The highest BCUT2D eigenvalue weighted by atomic mass is 16.2. The number of benzene rings is 1. The third-order valence-corrected chi connectivity index (χ3v) is 8.58. The van der Waals surface area contributed by atoms with E-state index < -0.39 is 0 Å². The van der Waals surface area contributed by atoms with Crippen LogP contribution in [0.25, 0.3) is 0 Å². The number of hydrogen-bond donors (Lipinski definition) is 3. The maximum atomic E-state index is 12.9. The predicted molar refractivity (Wildman–Crippen MR) is 127 cm³/mol. The molecule has 0 spiro atoms. The minimum Gasteiger partial charge on any atom is -0.369 e. The molecule has 1 aromatic carbocycles. The van der Waals surface area contributed by atoms with Gasteiger partial charge in [-0.2, -0.15) is 0 Å². The number of carbonyl (C=O) groups is 3. The molecule has 6 rings (SSSR count). The number of nitrogens with two attached hydrogens (primary N) is 1. The van der Waals surface area contributed by atoms with Crippen LogP contribution in [-0.4, -0.2) is 41.4 Å². The number of rotatable bonds is 4. The van der Waals surface area contributed by atoms with Crippen LogP contribution >= 0.6 is 0 Å². The molecular weight excluding hydrogens is 416 g/mol. The number of likely N-dealkylation sites (tertiary alicyclic amines) is 1. The molecule has 1 aromatic rings. The van der Waals surface area contributed by atoms with Gasteiger partial charge in [0.25, 0.3) is 5.91 Å². The lowest BCUT2D eigenvalue weighted by molar-refractivity contribution is -0.123. The molecule has 4 atom stereocenters. The Balaban J connectivity index is 1.18. The summed E-state index contributed by atoms with van der Waals surface area (Å²) >= 11 is 0. The first-order valence-corrected chi connectivity index (χ1v) is 12.3. The molecule has 7 heteroatoms. The summed E-state index contributed by atoms with van der Waals surface area (Å²) in [5.41, 5.74) is 7.23. The van der Waals surface area contributed by atoms with E-state index in [4.69, 9.17) is 5.73 Å².